The number of H-pyrrole nitrogens is 1. The van der Waals surface area contributed by atoms with E-state index in [4.69, 9.17) is 0 Å². The van der Waals surface area contributed by atoms with Gasteiger partial charge >= 0.3 is 0 Å². The predicted molar refractivity (Wildman–Crippen MR) is 91.3 cm³/mol. The van der Waals surface area contributed by atoms with Gasteiger partial charge in [-0.25, -0.2) is 8.78 Å². The molecular weight excluding hydrogens is 326 g/mol. The van der Waals surface area contributed by atoms with Crippen LogP contribution in [-0.4, -0.2) is 22.5 Å². The van der Waals surface area contributed by atoms with Gasteiger partial charge in [0.1, 0.15) is 17.2 Å². The number of aryl methyl sites for hydroxylation is 1. The van der Waals surface area contributed by atoms with Crippen molar-refractivity contribution in [2.45, 2.75) is 19.4 Å². The summed E-state index contributed by atoms with van der Waals surface area (Å²) >= 11 is 0. The maximum absolute atomic E-state index is 13.5. The molecule has 6 heteroatoms. The summed E-state index contributed by atoms with van der Waals surface area (Å²) < 4.78 is 26.5. The molecule has 1 amide bonds. The van der Waals surface area contributed by atoms with Crippen LogP contribution in [0.25, 0.3) is 10.9 Å². The molecule has 0 spiro atoms. The van der Waals surface area contributed by atoms with E-state index in [1.54, 1.807) is 13.0 Å². The Kier molecular flexibility index (Phi) is 4.30. The first kappa shape index (κ1) is 17.1. The fourth-order valence-electron chi connectivity index (χ4n) is 2.84. The van der Waals surface area contributed by atoms with Gasteiger partial charge < -0.3 is 15.4 Å². The monoisotopic (exact) mass is 344 g/mol. The first-order chi connectivity index (χ1) is 11.8. The molecule has 3 rings (SSSR count). The molecule has 130 valence electrons. The van der Waals surface area contributed by atoms with Crippen molar-refractivity contribution in [2.24, 2.45) is 0 Å². The molecule has 0 bridgehead atoms. The fraction of sp³-hybridized carbons (Fsp3) is 0.211. The van der Waals surface area contributed by atoms with E-state index in [2.05, 4.69) is 10.3 Å². The molecule has 0 aliphatic carbocycles. The molecule has 2 aromatic carbocycles. The Morgan fingerprint density at radius 3 is 2.48 bits per heavy atom. The van der Waals surface area contributed by atoms with Gasteiger partial charge in [0, 0.05) is 16.6 Å². The molecule has 25 heavy (non-hydrogen) atoms. The molecule has 3 N–H and O–H groups in total. The topological polar surface area (TPSA) is 65.1 Å². The van der Waals surface area contributed by atoms with Crippen molar-refractivity contribution in [3.63, 3.8) is 0 Å². The Balaban J connectivity index is 1.82. The largest absolute Gasteiger partial charge is 0.384 e. The van der Waals surface area contributed by atoms with Gasteiger partial charge in [0.25, 0.3) is 5.91 Å². The zero-order chi connectivity index (χ0) is 18.2. The molecule has 0 radical (unpaired) electrons. The smallest absolute Gasteiger partial charge is 0.253 e. The Bertz CT molecular complexity index is 930. The molecule has 0 fully saturated rings. The summed E-state index contributed by atoms with van der Waals surface area (Å²) in [5.41, 5.74) is 0.725. The number of fused-ring (bicyclic) bond motifs is 1. The van der Waals surface area contributed by atoms with Crippen LogP contribution in [0.5, 0.6) is 0 Å². The minimum atomic E-state index is -1.37. The summed E-state index contributed by atoms with van der Waals surface area (Å²) in [7, 11) is 0. The van der Waals surface area contributed by atoms with Crippen molar-refractivity contribution >= 4 is 16.8 Å². The molecule has 3 aromatic rings. The standard InChI is InChI=1S/C19H18F2N2O2/c1-11-17(15-9-14(21)7-8-16(15)23-11)18(24)22-10-19(2,25)12-3-5-13(20)6-4-12/h3-9,23,25H,10H2,1-2H3,(H,22,24). The number of aliphatic hydroxyl groups is 1. The molecule has 0 aliphatic rings. The molecule has 0 saturated carbocycles. The number of halogens is 2. The minimum absolute atomic E-state index is 0.0705. The van der Waals surface area contributed by atoms with Crippen molar-refractivity contribution in [3.8, 4) is 0 Å². The van der Waals surface area contributed by atoms with Gasteiger partial charge in [0.2, 0.25) is 0 Å². The van der Waals surface area contributed by atoms with Gasteiger partial charge in [-0.1, -0.05) is 12.1 Å². The summed E-state index contributed by atoms with van der Waals surface area (Å²) in [4.78, 5) is 15.6. The first-order valence-electron chi connectivity index (χ1n) is 7.82. The lowest BCUT2D eigenvalue weighted by atomic mass is 9.96. The van der Waals surface area contributed by atoms with E-state index in [0.717, 1.165) is 0 Å². The summed E-state index contributed by atoms with van der Waals surface area (Å²) in [6, 6.07) is 9.62. The molecule has 1 heterocycles. The average molecular weight is 344 g/mol. The molecule has 0 saturated heterocycles. The second-order valence-corrected chi connectivity index (χ2v) is 6.28. The maximum atomic E-state index is 13.5. The summed E-state index contributed by atoms with van der Waals surface area (Å²) in [5, 5.41) is 13.7. The molecule has 4 nitrogen and oxygen atoms in total. The van der Waals surface area contributed by atoms with Gasteiger partial charge in [0.05, 0.1) is 12.1 Å². The number of nitrogens with one attached hydrogen (secondary N) is 2. The Labute approximate surface area is 143 Å². The number of hydrogen-bond acceptors (Lipinski definition) is 2. The van der Waals surface area contributed by atoms with Gasteiger partial charge in [-0.15, -0.1) is 0 Å². The second-order valence-electron chi connectivity index (χ2n) is 6.28. The molecule has 1 unspecified atom stereocenters. The number of hydrogen-bond donors (Lipinski definition) is 3. The number of aromatic nitrogens is 1. The van der Waals surface area contributed by atoms with Crippen LogP contribution in [0.1, 0.15) is 28.5 Å². The lowest BCUT2D eigenvalue weighted by Crippen LogP contribution is -2.38. The number of carbonyl (C=O) groups excluding carboxylic acids is 1. The van der Waals surface area contributed by atoms with Crippen LogP contribution < -0.4 is 5.32 Å². The Morgan fingerprint density at radius 1 is 1.16 bits per heavy atom. The molecular formula is C19H18F2N2O2. The normalized spacial score (nSPS) is 13.6. The average Bonchev–Trinajstić information content (AvgIpc) is 2.88. The van der Waals surface area contributed by atoms with Crippen LogP contribution in [0, 0.1) is 18.6 Å². The number of carbonyl (C=O) groups is 1. The van der Waals surface area contributed by atoms with E-state index in [-0.39, 0.29) is 6.54 Å². The second kappa shape index (κ2) is 6.29. The van der Waals surface area contributed by atoms with Crippen LogP contribution in [0.15, 0.2) is 42.5 Å². The van der Waals surface area contributed by atoms with Crippen LogP contribution in [0.2, 0.25) is 0 Å². The van der Waals surface area contributed by atoms with Crippen molar-refractivity contribution in [2.75, 3.05) is 6.54 Å². The SMILES string of the molecule is Cc1[nH]c2ccc(F)cc2c1C(=O)NCC(C)(O)c1ccc(F)cc1. The maximum Gasteiger partial charge on any atom is 0.253 e. The molecule has 0 aliphatic heterocycles. The van der Waals surface area contributed by atoms with E-state index in [0.29, 0.717) is 27.7 Å². The van der Waals surface area contributed by atoms with E-state index in [1.807, 2.05) is 0 Å². The van der Waals surface area contributed by atoms with E-state index in [9.17, 15) is 18.7 Å². The van der Waals surface area contributed by atoms with E-state index in [1.165, 1.54) is 43.3 Å². The number of rotatable bonds is 4. The Morgan fingerprint density at radius 2 is 1.80 bits per heavy atom. The predicted octanol–water partition coefficient (Wildman–Crippen LogP) is 3.39. The van der Waals surface area contributed by atoms with Crippen molar-refractivity contribution < 1.29 is 18.7 Å². The van der Waals surface area contributed by atoms with Crippen LogP contribution in [-0.2, 0) is 5.60 Å². The highest BCUT2D eigenvalue weighted by Gasteiger charge is 2.25. The number of aromatic amines is 1. The van der Waals surface area contributed by atoms with Gasteiger partial charge in [-0.2, -0.15) is 0 Å². The number of benzene rings is 2. The zero-order valence-electron chi connectivity index (χ0n) is 13.9. The van der Waals surface area contributed by atoms with E-state index < -0.39 is 23.1 Å². The van der Waals surface area contributed by atoms with Crippen molar-refractivity contribution in [1.29, 1.82) is 0 Å². The highest BCUT2D eigenvalue weighted by atomic mass is 19.1. The molecule has 1 atom stereocenters. The lowest BCUT2D eigenvalue weighted by molar-refractivity contribution is 0.0526. The minimum Gasteiger partial charge on any atom is -0.384 e. The van der Waals surface area contributed by atoms with Gasteiger partial charge in [0.15, 0.2) is 0 Å². The fourth-order valence-corrected chi connectivity index (χ4v) is 2.84. The zero-order valence-corrected chi connectivity index (χ0v) is 13.9. The lowest BCUT2D eigenvalue weighted by Gasteiger charge is -2.24. The van der Waals surface area contributed by atoms with Crippen molar-refractivity contribution in [1.82, 2.24) is 10.3 Å². The summed E-state index contributed by atoms with van der Waals surface area (Å²) in [6.07, 6.45) is 0. The van der Waals surface area contributed by atoms with Crippen molar-refractivity contribution in [3.05, 3.63) is 70.9 Å². The quantitative estimate of drug-likeness (QED) is 0.679. The third-order valence-corrected chi connectivity index (χ3v) is 4.23. The van der Waals surface area contributed by atoms with Gasteiger partial charge in [-0.05, 0) is 49.7 Å². The third kappa shape index (κ3) is 3.39. The summed E-state index contributed by atoms with van der Waals surface area (Å²) in [5.74, 6) is -1.25. The Hall–Kier alpha value is -2.73. The highest BCUT2D eigenvalue weighted by molar-refractivity contribution is 6.08. The van der Waals surface area contributed by atoms with Crippen LogP contribution in [0.3, 0.4) is 0 Å². The van der Waals surface area contributed by atoms with Crippen LogP contribution >= 0.6 is 0 Å². The highest BCUT2D eigenvalue weighted by Crippen LogP contribution is 2.24. The summed E-state index contributed by atoms with van der Waals surface area (Å²) in [6.45, 7) is 3.19. The van der Waals surface area contributed by atoms with E-state index >= 15 is 0 Å². The first-order valence-corrected chi connectivity index (χ1v) is 7.82. The van der Waals surface area contributed by atoms with Gasteiger partial charge in [-0.3, -0.25) is 4.79 Å². The molecule has 1 aromatic heterocycles. The number of amides is 1. The van der Waals surface area contributed by atoms with Crippen LogP contribution in [0.4, 0.5) is 8.78 Å². The third-order valence-electron chi connectivity index (χ3n) is 4.23.